The number of nitrogens with zero attached hydrogens (tertiary/aromatic N) is 3. The molecule has 5 heteroatoms. The average Bonchev–Trinajstić information content (AvgIpc) is 3.01. The monoisotopic (exact) mass is 263 g/mol. The molecule has 1 atom stereocenters. The molecule has 1 fully saturated rings. The molecule has 2 aromatic rings. The van der Waals surface area contributed by atoms with Crippen LogP contribution < -0.4 is 0 Å². The van der Waals surface area contributed by atoms with E-state index in [1.165, 1.54) is 10.4 Å². The van der Waals surface area contributed by atoms with Crippen LogP contribution >= 0.6 is 11.3 Å². The zero-order chi connectivity index (χ0) is 12.6. The lowest BCUT2D eigenvalue weighted by Crippen LogP contribution is -2.29. The Labute approximate surface area is 111 Å². The number of rotatable bonds is 3. The molecule has 0 radical (unpaired) electrons. The second-order valence-electron chi connectivity index (χ2n) is 5.14. The molecule has 3 heterocycles. The molecule has 96 valence electrons. The smallest absolute Gasteiger partial charge is 0.123 e. The largest absolute Gasteiger partial charge is 0.373 e. The van der Waals surface area contributed by atoms with E-state index in [0.29, 0.717) is 0 Å². The first-order valence-electron chi connectivity index (χ1n) is 6.25. The van der Waals surface area contributed by atoms with Gasteiger partial charge in [-0.3, -0.25) is 0 Å². The van der Waals surface area contributed by atoms with Gasteiger partial charge in [-0.05, 0) is 43.7 Å². The van der Waals surface area contributed by atoms with Crippen LogP contribution in [-0.4, -0.2) is 27.2 Å². The second-order valence-corrected chi connectivity index (χ2v) is 6.05. The van der Waals surface area contributed by atoms with E-state index in [-0.39, 0.29) is 5.60 Å². The molecule has 1 aliphatic heterocycles. The van der Waals surface area contributed by atoms with Crippen molar-refractivity contribution in [1.82, 2.24) is 15.0 Å². The van der Waals surface area contributed by atoms with Gasteiger partial charge in [-0.25, -0.2) is 4.68 Å². The molecule has 18 heavy (non-hydrogen) atoms. The van der Waals surface area contributed by atoms with Gasteiger partial charge < -0.3 is 4.74 Å². The van der Waals surface area contributed by atoms with Crippen LogP contribution in [0.15, 0.2) is 17.6 Å². The van der Waals surface area contributed by atoms with Gasteiger partial charge in [-0.15, -0.1) is 16.4 Å². The molecule has 1 aliphatic rings. The first kappa shape index (κ1) is 11.9. The van der Waals surface area contributed by atoms with Gasteiger partial charge >= 0.3 is 0 Å². The third kappa shape index (κ3) is 2.20. The van der Waals surface area contributed by atoms with E-state index in [1.807, 2.05) is 10.9 Å². The van der Waals surface area contributed by atoms with Crippen LogP contribution in [0, 0.1) is 6.92 Å². The lowest BCUT2D eigenvalue weighted by Gasteiger charge is -2.22. The molecular formula is C13H17N3OS. The van der Waals surface area contributed by atoms with E-state index in [4.69, 9.17) is 4.74 Å². The number of hydrogen-bond donors (Lipinski definition) is 0. The van der Waals surface area contributed by atoms with Crippen molar-refractivity contribution in [3.8, 4) is 10.6 Å². The highest BCUT2D eigenvalue weighted by Crippen LogP contribution is 2.29. The Hall–Kier alpha value is -1.20. The van der Waals surface area contributed by atoms with Gasteiger partial charge in [-0.1, -0.05) is 5.21 Å². The van der Waals surface area contributed by atoms with E-state index in [1.54, 1.807) is 11.3 Å². The van der Waals surface area contributed by atoms with Crippen molar-refractivity contribution in [1.29, 1.82) is 0 Å². The fourth-order valence-electron chi connectivity index (χ4n) is 2.42. The molecule has 0 amide bonds. The molecule has 2 aromatic heterocycles. The molecular weight excluding hydrogens is 246 g/mol. The Morgan fingerprint density at radius 3 is 3.11 bits per heavy atom. The lowest BCUT2D eigenvalue weighted by molar-refractivity contribution is 0.00320. The zero-order valence-corrected chi connectivity index (χ0v) is 11.5. The maximum atomic E-state index is 5.78. The Kier molecular flexibility index (Phi) is 2.95. The Morgan fingerprint density at radius 2 is 2.44 bits per heavy atom. The van der Waals surface area contributed by atoms with Gasteiger partial charge in [-0.2, -0.15) is 0 Å². The van der Waals surface area contributed by atoms with Crippen molar-refractivity contribution in [2.24, 2.45) is 0 Å². The minimum Gasteiger partial charge on any atom is -0.373 e. The fraction of sp³-hybridized carbons (Fsp3) is 0.538. The summed E-state index contributed by atoms with van der Waals surface area (Å²) in [7, 11) is 0. The fourth-order valence-corrected chi connectivity index (χ4v) is 3.30. The maximum absolute atomic E-state index is 5.78. The summed E-state index contributed by atoms with van der Waals surface area (Å²) >= 11 is 1.71. The second kappa shape index (κ2) is 4.48. The number of thiophene rings is 1. The van der Waals surface area contributed by atoms with Crippen LogP contribution in [0.2, 0.25) is 0 Å². The van der Waals surface area contributed by atoms with Gasteiger partial charge in [0.25, 0.3) is 0 Å². The van der Waals surface area contributed by atoms with Crippen molar-refractivity contribution < 1.29 is 4.74 Å². The Bertz CT molecular complexity index is 540. The van der Waals surface area contributed by atoms with Crippen molar-refractivity contribution in [3.63, 3.8) is 0 Å². The highest BCUT2D eigenvalue weighted by Gasteiger charge is 2.30. The predicted molar refractivity (Wildman–Crippen MR) is 71.7 cm³/mol. The third-order valence-corrected chi connectivity index (χ3v) is 4.47. The summed E-state index contributed by atoms with van der Waals surface area (Å²) < 4.78 is 7.68. The average molecular weight is 263 g/mol. The van der Waals surface area contributed by atoms with E-state index in [2.05, 4.69) is 35.6 Å². The van der Waals surface area contributed by atoms with Crippen molar-refractivity contribution in [3.05, 3.63) is 23.2 Å². The molecule has 0 aromatic carbocycles. The number of aromatic nitrogens is 3. The molecule has 4 nitrogen and oxygen atoms in total. The Balaban J connectivity index is 1.80. The predicted octanol–water partition coefficient (Wildman–Crippen LogP) is 2.88. The van der Waals surface area contributed by atoms with Crippen LogP contribution in [0.5, 0.6) is 0 Å². The maximum Gasteiger partial charge on any atom is 0.123 e. The summed E-state index contributed by atoms with van der Waals surface area (Å²) in [6.45, 7) is 5.90. The topological polar surface area (TPSA) is 39.9 Å². The van der Waals surface area contributed by atoms with Gasteiger partial charge in [0, 0.05) is 6.61 Å². The molecule has 0 spiro atoms. The highest BCUT2D eigenvalue weighted by molar-refractivity contribution is 7.13. The van der Waals surface area contributed by atoms with Crippen LogP contribution in [0.1, 0.15) is 25.3 Å². The summed E-state index contributed by atoms with van der Waals surface area (Å²) in [5, 5.41) is 10.6. The van der Waals surface area contributed by atoms with E-state index < -0.39 is 0 Å². The number of hydrogen-bond acceptors (Lipinski definition) is 4. The van der Waals surface area contributed by atoms with E-state index in [0.717, 1.165) is 31.7 Å². The van der Waals surface area contributed by atoms with Crippen LogP contribution in [-0.2, 0) is 11.3 Å². The summed E-state index contributed by atoms with van der Waals surface area (Å²) in [6.07, 6.45) is 4.26. The highest BCUT2D eigenvalue weighted by atomic mass is 32.1. The molecule has 0 N–H and O–H groups in total. The molecule has 0 unspecified atom stereocenters. The van der Waals surface area contributed by atoms with E-state index >= 15 is 0 Å². The minimum atomic E-state index is -0.0739. The van der Waals surface area contributed by atoms with Crippen LogP contribution in [0.4, 0.5) is 0 Å². The van der Waals surface area contributed by atoms with Gasteiger partial charge in [0.2, 0.25) is 0 Å². The third-order valence-electron chi connectivity index (χ3n) is 3.43. The van der Waals surface area contributed by atoms with Gasteiger partial charge in [0.15, 0.2) is 0 Å². The SMILES string of the molecule is Cc1ccsc1-c1cn(C[C@]2(C)CCCO2)nn1. The normalized spacial score (nSPS) is 23.7. The molecule has 0 bridgehead atoms. The van der Waals surface area contributed by atoms with E-state index in [9.17, 15) is 0 Å². The summed E-state index contributed by atoms with van der Waals surface area (Å²) in [5.74, 6) is 0. The van der Waals surface area contributed by atoms with Crippen LogP contribution in [0.25, 0.3) is 10.6 Å². The first-order valence-corrected chi connectivity index (χ1v) is 7.13. The minimum absolute atomic E-state index is 0.0739. The lowest BCUT2D eigenvalue weighted by atomic mass is 10.0. The van der Waals surface area contributed by atoms with Crippen molar-refractivity contribution in [2.45, 2.75) is 38.8 Å². The summed E-state index contributed by atoms with van der Waals surface area (Å²) in [6, 6.07) is 2.11. The van der Waals surface area contributed by atoms with Crippen molar-refractivity contribution >= 4 is 11.3 Å². The first-order chi connectivity index (χ1) is 8.66. The molecule has 3 rings (SSSR count). The van der Waals surface area contributed by atoms with Crippen molar-refractivity contribution in [2.75, 3.05) is 6.61 Å². The van der Waals surface area contributed by atoms with Gasteiger partial charge in [0.05, 0.1) is 23.2 Å². The number of ether oxygens (including phenoxy) is 1. The van der Waals surface area contributed by atoms with Crippen LogP contribution in [0.3, 0.4) is 0 Å². The molecule has 1 saturated heterocycles. The molecule has 0 saturated carbocycles. The van der Waals surface area contributed by atoms with Gasteiger partial charge in [0.1, 0.15) is 5.69 Å². The quantitative estimate of drug-likeness (QED) is 0.855. The summed E-state index contributed by atoms with van der Waals surface area (Å²) in [5.41, 5.74) is 2.15. The summed E-state index contributed by atoms with van der Waals surface area (Å²) in [4.78, 5) is 1.21. The number of aryl methyl sites for hydroxylation is 1. The zero-order valence-electron chi connectivity index (χ0n) is 10.7. The standard InChI is InChI=1S/C13H17N3OS/c1-10-4-7-18-12(10)11-8-16(15-14-11)9-13(2)5-3-6-17-13/h4,7-8H,3,5-6,9H2,1-2H3/t13-/m0/s1. The Morgan fingerprint density at radius 1 is 1.56 bits per heavy atom. The molecule has 0 aliphatic carbocycles.